The van der Waals surface area contributed by atoms with Gasteiger partial charge in [-0.3, -0.25) is 4.79 Å². The molecule has 0 aromatic heterocycles. The lowest BCUT2D eigenvalue weighted by atomic mass is 10.0. The molecule has 0 aliphatic carbocycles. The Bertz CT molecular complexity index is 376. The molecular weight excluding hydrogens is 292 g/mol. The third-order valence-electron chi connectivity index (χ3n) is 2.69. The van der Waals surface area contributed by atoms with Gasteiger partial charge in [0.1, 0.15) is 24.9 Å². The normalized spacial score (nSPS) is 18.2. The van der Waals surface area contributed by atoms with Crippen LogP contribution < -0.4 is 0 Å². The van der Waals surface area contributed by atoms with Gasteiger partial charge in [-0.25, -0.2) is 9.80 Å². The molecule has 0 heterocycles. The van der Waals surface area contributed by atoms with Gasteiger partial charge >= 0.3 is 5.97 Å². The number of nitroso groups, excluding NO2 is 1. The minimum Gasteiger partial charge on any atom is -0.480 e. The first-order valence-electron chi connectivity index (χ1n) is 5.85. The number of Topliss-reactive ketones (excluding diaryl/α,β-unsaturated/α-hetero) is 1. The van der Waals surface area contributed by atoms with Crippen molar-refractivity contribution in [3.8, 4) is 0 Å². The van der Waals surface area contributed by atoms with Gasteiger partial charge < -0.3 is 30.6 Å². The van der Waals surface area contributed by atoms with Gasteiger partial charge in [-0.1, -0.05) is 0 Å². The highest BCUT2D eigenvalue weighted by Gasteiger charge is 2.36. The van der Waals surface area contributed by atoms with Crippen LogP contribution >= 0.6 is 0 Å². The van der Waals surface area contributed by atoms with Crippen LogP contribution in [0.25, 0.3) is 0 Å². The third-order valence-corrected chi connectivity index (χ3v) is 2.69. The van der Waals surface area contributed by atoms with E-state index in [4.69, 9.17) is 15.3 Å². The van der Waals surface area contributed by atoms with Crippen LogP contribution in [0, 0.1) is 4.91 Å². The minimum absolute atomic E-state index is 0.191. The number of aliphatic hydroxyl groups is 5. The highest BCUT2D eigenvalue weighted by Crippen LogP contribution is 2.09. The van der Waals surface area contributed by atoms with Gasteiger partial charge in [0.2, 0.25) is 0 Å². The van der Waals surface area contributed by atoms with E-state index in [2.05, 4.69) is 5.29 Å². The zero-order valence-electron chi connectivity index (χ0n) is 11.1. The molecule has 6 N–H and O–H groups in total. The Balaban J connectivity index is 4.93. The molecule has 5 atom stereocenters. The number of aliphatic hydroxyl groups excluding tert-OH is 5. The number of carboxylic acids is 1. The maximum absolute atomic E-state index is 11.6. The first kappa shape index (κ1) is 19.3. The molecule has 5 unspecified atom stereocenters. The number of carboxylic acid groups (broad SMARTS) is 1. The van der Waals surface area contributed by atoms with Crippen LogP contribution in [0.15, 0.2) is 5.29 Å². The predicted octanol–water partition coefficient (Wildman–Crippen LogP) is -3.55. The number of hydrogen-bond donors (Lipinski definition) is 6. The Morgan fingerprint density at radius 3 is 2.05 bits per heavy atom. The van der Waals surface area contributed by atoms with Crippen molar-refractivity contribution in [2.24, 2.45) is 5.29 Å². The molecule has 0 aliphatic rings. The van der Waals surface area contributed by atoms with Gasteiger partial charge in [-0.15, -0.1) is 4.91 Å². The molecule has 0 fully saturated rings. The monoisotopic (exact) mass is 310 g/mol. The molecule has 0 rings (SSSR count). The van der Waals surface area contributed by atoms with Crippen molar-refractivity contribution in [3.05, 3.63) is 4.91 Å². The van der Waals surface area contributed by atoms with Gasteiger partial charge in [-0.05, 0) is 6.92 Å². The summed E-state index contributed by atoms with van der Waals surface area (Å²) >= 11 is 0. The second-order valence-electron chi connectivity index (χ2n) is 4.35. The summed E-state index contributed by atoms with van der Waals surface area (Å²) in [7, 11) is 0. The van der Waals surface area contributed by atoms with Crippen LogP contribution in [0.3, 0.4) is 0 Å². The van der Waals surface area contributed by atoms with E-state index in [-0.39, 0.29) is 5.01 Å². The van der Waals surface area contributed by atoms with E-state index in [1.165, 1.54) is 0 Å². The molecule has 0 amide bonds. The standard InChI is InChI=1S/C10H18N2O9/c1-4(14)7(10(19)20)12(11-21)2-5(15)8(17)9(18)6(16)3-13/h4,6-9,13-14,16-18H,2-3H2,1H3,(H,19,20). The van der Waals surface area contributed by atoms with Crippen LogP contribution in [-0.4, -0.2) is 91.0 Å². The molecule has 0 aliphatic heterocycles. The number of carbonyl (C=O) groups excluding carboxylic acids is 1. The number of rotatable bonds is 10. The van der Waals surface area contributed by atoms with E-state index in [0.717, 1.165) is 6.92 Å². The van der Waals surface area contributed by atoms with Crippen LogP contribution in [0.4, 0.5) is 0 Å². The zero-order valence-corrected chi connectivity index (χ0v) is 11.1. The summed E-state index contributed by atoms with van der Waals surface area (Å²) in [4.78, 5) is 33.1. The van der Waals surface area contributed by atoms with E-state index >= 15 is 0 Å². The Kier molecular flexibility index (Phi) is 7.91. The fourth-order valence-corrected chi connectivity index (χ4v) is 1.52. The van der Waals surface area contributed by atoms with Gasteiger partial charge in [0.25, 0.3) is 0 Å². The molecule has 0 spiro atoms. The Hall–Kier alpha value is -1.66. The maximum atomic E-state index is 11.6. The average Bonchev–Trinajstić information content (AvgIpc) is 2.42. The number of aliphatic carboxylic acids is 1. The zero-order chi connectivity index (χ0) is 16.7. The summed E-state index contributed by atoms with van der Waals surface area (Å²) < 4.78 is 0. The molecular formula is C10H18N2O9. The molecule has 11 nitrogen and oxygen atoms in total. The van der Waals surface area contributed by atoms with E-state index < -0.39 is 55.4 Å². The maximum Gasteiger partial charge on any atom is 0.330 e. The molecule has 21 heavy (non-hydrogen) atoms. The molecule has 11 heteroatoms. The second kappa shape index (κ2) is 8.59. The molecule has 0 saturated heterocycles. The second-order valence-corrected chi connectivity index (χ2v) is 4.35. The molecule has 0 bridgehead atoms. The van der Waals surface area contributed by atoms with Crippen molar-refractivity contribution in [1.82, 2.24) is 5.01 Å². The highest BCUT2D eigenvalue weighted by atomic mass is 16.4. The summed E-state index contributed by atoms with van der Waals surface area (Å²) in [6, 6.07) is -1.82. The third kappa shape index (κ3) is 5.32. The van der Waals surface area contributed by atoms with Crippen molar-refractivity contribution in [3.63, 3.8) is 0 Å². The van der Waals surface area contributed by atoms with E-state index in [9.17, 15) is 29.8 Å². The van der Waals surface area contributed by atoms with Crippen molar-refractivity contribution in [1.29, 1.82) is 0 Å². The number of carbonyl (C=O) groups is 2. The number of ketones is 1. The Morgan fingerprint density at radius 1 is 1.19 bits per heavy atom. The van der Waals surface area contributed by atoms with Crippen molar-refractivity contribution in [2.75, 3.05) is 13.2 Å². The number of nitrogens with zero attached hydrogens (tertiary/aromatic N) is 2. The van der Waals surface area contributed by atoms with Gasteiger partial charge in [0.05, 0.1) is 18.0 Å². The van der Waals surface area contributed by atoms with Gasteiger partial charge in [0.15, 0.2) is 11.8 Å². The summed E-state index contributed by atoms with van der Waals surface area (Å²) in [6.07, 6.45) is -7.53. The van der Waals surface area contributed by atoms with Crippen LogP contribution in [0.5, 0.6) is 0 Å². The number of hydrogen-bond acceptors (Lipinski definition) is 9. The Labute approximate surface area is 119 Å². The lowest BCUT2D eigenvalue weighted by Gasteiger charge is -2.26. The van der Waals surface area contributed by atoms with Crippen LogP contribution in [0.2, 0.25) is 0 Å². The van der Waals surface area contributed by atoms with E-state index in [1.807, 2.05) is 0 Å². The molecule has 0 aromatic carbocycles. The van der Waals surface area contributed by atoms with E-state index in [1.54, 1.807) is 0 Å². The fraction of sp³-hybridized carbons (Fsp3) is 0.800. The Morgan fingerprint density at radius 2 is 1.71 bits per heavy atom. The SMILES string of the molecule is CC(O)C(C(=O)O)N(CC(=O)C(O)C(O)C(O)CO)N=O. The van der Waals surface area contributed by atoms with Gasteiger partial charge in [-0.2, -0.15) is 0 Å². The van der Waals surface area contributed by atoms with Crippen molar-refractivity contribution < 1.29 is 40.2 Å². The largest absolute Gasteiger partial charge is 0.480 e. The van der Waals surface area contributed by atoms with E-state index in [0.29, 0.717) is 0 Å². The smallest absolute Gasteiger partial charge is 0.330 e. The quantitative estimate of drug-likeness (QED) is 0.174. The predicted molar refractivity (Wildman–Crippen MR) is 65.7 cm³/mol. The molecule has 122 valence electrons. The topological polar surface area (TPSA) is 188 Å². The molecule has 0 radical (unpaired) electrons. The van der Waals surface area contributed by atoms with Crippen LogP contribution in [0.1, 0.15) is 6.92 Å². The van der Waals surface area contributed by atoms with Crippen molar-refractivity contribution >= 4 is 11.8 Å². The fourth-order valence-electron chi connectivity index (χ4n) is 1.52. The lowest BCUT2D eigenvalue weighted by Crippen LogP contribution is -2.51. The lowest BCUT2D eigenvalue weighted by molar-refractivity contribution is -0.150. The summed E-state index contributed by atoms with van der Waals surface area (Å²) in [5.41, 5.74) is 0. The first-order valence-corrected chi connectivity index (χ1v) is 5.85. The highest BCUT2D eigenvalue weighted by molar-refractivity contribution is 5.86. The molecule has 0 saturated carbocycles. The summed E-state index contributed by atoms with van der Waals surface area (Å²) in [5, 5.41) is 57.0. The molecule has 0 aromatic rings. The average molecular weight is 310 g/mol. The van der Waals surface area contributed by atoms with Crippen LogP contribution in [-0.2, 0) is 9.59 Å². The van der Waals surface area contributed by atoms with Gasteiger partial charge in [0, 0.05) is 0 Å². The summed E-state index contributed by atoms with van der Waals surface area (Å²) in [6.45, 7) is -0.878. The summed E-state index contributed by atoms with van der Waals surface area (Å²) in [5.74, 6) is -2.84. The minimum atomic E-state index is -2.17. The van der Waals surface area contributed by atoms with Crippen molar-refractivity contribution in [2.45, 2.75) is 37.4 Å². The first-order chi connectivity index (χ1) is 9.67.